The number of amides is 1. The fraction of sp³-hybridized carbons (Fsp3) is 0.571. The summed E-state index contributed by atoms with van der Waals surface area (Å²) in [4.78, 5) is 10.8. The van der Waals surface area contributed by atoms with E-state index in [0.717, 1.165) is 4.31 Å². The summed E-state index contributed by atoms with van der Waals surface area (Å²) in [5.74, 6) is -0.795. The van der Waals surface area contributed by atoms with Crippen molar-refractivity contribution in [3.63, 3.8) is 0 Å². The highest BCUT2D eigenvalue weighted by atomic mass is 79.9. The molecule has 5 nitrogen and oxygen atoms in total. The lowest BCUT2D eigenvalue weighted by Crippen LogP contribution is -2.57. The summed E-state index contributed by atoms with van der Waals surface area (Å²) >= 11 is 2.97. The van der Waals surface area contributed by atoms with Crippen LogP contribution >= 0.6 is 15.9 Å². The Morgan fingerprint density at radius 2 is 2.21 bits per heavy atom. The third-order valence-corrected chi connectivity index (χ3v) is 4.51. The van der Waals surface area contributed by atoms with E-state index in [2.05, 4.69) is 22.5 Å². The Morgan fingerprint density at radius 3 is 2.50 bits per heavy atom. The Hall–Kier alpha value is -0.400. The summed E-state index contributed by atoms with van der Waals surface area (Å²) in [6.45, 7) is 3.80. The van der Waals surface area contributed by atoms with E-state index < -0.39 is 22.0 Å². The Bertz CT molecular complexity index is 365. The van der Waals surface area contributed by atoms with Crippen molar-refractivity contribution < 1.29 is 13.2 Å². The molecule has 1 rings (SSSR count). The largest absolute Gasteiger partial charge is 0.368 e. The van der Waals surface area contributed by atoms with E-state index in [9.17, 15) is 13.2 Å². The smallest absolute Gasteiger partial charge is 0.235 e. The monoisotopic (exact) mass is 282 g/mol. The van der Waals surface area contributed by atoms with Crippen molar-refractivity contribution in [3.8, 4) is 0 Å². The Balaban J connectivity index is 2.75. The van der Waals surface area contributed by atoms with Gasteiger partial charge in [-0.05, 0) is 6.42 Å². The molecule has 1 heterocycles. The second kappa shape index (κ2) is 4.00. The molecule has 7 heteroatoms. The zero-order valence-electron chi connectivity index (χ0n) is 7.44. The maximum absolute atomic E-state index is 11.6. The Morgan fingerprint density at radius 1 is 1.64 bits per heavy atom. The first-order valence-electron chi connectivity index (χ1n) is 3.96. The van der Waals surface area contributed by atoms with E-state index in [1.807, 2.05) is 0 Å². The van der Waals surface area contributed by atoms with Gasteiger partial charge in [-0.1, -0.05) is 22.5 Å². The van der Waals surface area contributed by atoms with Gasteiger partial charge in [0.15, 0.2) is 0 Å². The number of carbonyl (C=O) groups is 1. The van der Waals surface area contributed by atoms with E-state index in [0.29, 0.717) is 17.4 Å². The number of hydrogen-bond acceptors (Lipinski definition) is 3. The fourth-order valence-corrected chi connectivity index (χ4v) is 3.67. The minimum atomic E-state index is -3.43. The van der Waals surface area contributed by atoms with Gasteiger partial charge in [0.2, 0.25) is 15.9 Å². The van der Waals surface area contributed by atoms with Crippen molar-refractivity contribution in [2.24, 2.45) is 5.73 Å². The molecule has 1 amide bonds. The highest BCUT2D eigenvalue weighted by molar-refractivity contribution is 9.11. The summed E-state index contributed by atoms with van der Waals surface area (Å²) in [6, 6.07) is -0.674. The predicted molar refractivity (Wildman–Crippen MR) is 56.2 cm³/mol. The molecule has 80 valence electrons. The molecule has 1 aliphatic rings. The van der Waals surface area contributed by atoms with Gasteiger partial charge in [-0.25, -0.2) is 8.42 Å². The number of sulfonamides is 1. The van der Waals surface area contributed by atoms with E-state index in [1.54, 1.807) is 0 Å². The van der Waals surface area contributed by atoms with Crippen molar-refractivity contribution >= 4 is 31.9 Å². The molecule has 0 saturated carbocycles. The SMILES string of the molecule is C=C(Br)CS(=O)(=O)N1CCC1C(N)=O. The summed E-state index contributed by atoms with van der Waals surface area (Å²) in [6.07, 6.45) is 0.503. The lowest BCUT2D eigenvalue weighted by Gasteiger charge is -2.37. The first-order chi connectivity index (χ1) is 6.34. The highest BCUT2D eigenvalue weighted by Gasteiger charge is 2.40. The average Bonchev–Trinajstić information content (AvgIpc) is 1.75. The number of carbonyl (C=O) groups excluding carboxylic acids is 1. The van der Waals surface area contributed by atoms with E-state index in [-0.39, 0.29) is 5.75 Å². The summed E-state index contributed by atoms with van der Waals surface area (Å²) in [5.41, 5.74) is 5.04. The van der Waals surface area contributed by atoms with Gasteiger partial charge in [0.05, 0.1) is 5.75 Å². The molecule has 0 aliphatic carbocycles. The van der Waals surface area contributed by atoms with Gasteiger partial charge in [-0.2, -0.15) is 4.31 Å². The number of nitrogens with zero attached hydrogens (tertiary/aromatic N) is 1. The number of primary amides is 1. The minimum absolute atomic E-state index is 0.198. The zero-order chi connectivity index (χ0) is 10.9. The van der Waals surface area contributed by atoms with Gasteiger partial charge in [0.1, 0.15) is 6.04 Å². The molecule has 0 aromatic carbocycles. The third-order valence-electron chi connectivity index (χ3n) is 2.00. The third kappa shape index (κ3) is 2.34. The molecule has 0 spiro atoms. The van der Waals surface area contributed by atoms with Crippen molar-refractivity contribution in [2.75, 3.05) is 12.3 Å². The van der Waals surface area contributed by atoms with Gasteiger partial charge >= 0.3 is 0 Å². The normalized spacial score (nSPS) is 22.8. The van der Waals surface area contributed by atoms with Crippen molar-refractivity contribution in [1.82, 2.24) is 4.31 Å². The molecule has 0 radical (unpaired) electrons. The molecular formula is C7H11BrN2O3S. The standard InChI is InChI=1S/C7H11BrN2O3S/c1-5(8)4-14(12,13)10-3-2-6(10)7(9)11/h6H,1-4H2,(H2,9,11). The molecule has 0 bridgehead atoms. The predicted octanol–water partition coefficient (Wildman–Crippen LogP) is -0.216. The molecule has 0 aromatic heterocycles. The molecule has 14 heavy (non-hydrogen) atoms. The van der Waals surface area contributed by atoms with Gasteiger partial charge in [0.25, 0.3) is 0 Å². The van der Waals surface area contributed by atoms with Crippen LogP contribution in [-0.2, 0) is 14.8 Å². The molecular weight excluding hydrogens is 272 g/mol. The van der Waals surface area contributed by atoms with Gasteiger partial charge < -0.3 is 5.73 Å². The quantitative estimate of drug-likeness (QED) is 0.775. The van der Waals surface area contributed by atoms with E-state index in [4.69, 9.17) is 5.73 Å². The van der Waals surface area contributed by atoms with Crippen molar-refractivity contribution in [1.29, 1.82) is 0 Å². The Labute approximate surface area is 91.1 Å². The summed E-state index contributed by atoms with van der Waals surface area (Å²) in [7, 11) is -3.43. The van der Waals surface area contributed by atoms with E-state index >= 15 is 0 Å². The van der Waals surface area contributed by atoms with Crippen LogP contribution in [0.1, 0.15) is 6.42 Å². The fourth-order valence-electron chi connectivity index (χ4n) is 1.26. The van der Waals surface area contributed by atoms with Crippen LogP contribution in [0.5, 0.6) is 0 Å². The summed E-state index contributed by atoms with van der Waals surface area (Å²) < 4.78 is 24.6. The van der Waals surface area contributed by atoms with E-state index in [1.165, 1.54) is 0 Å². The van der Waals surface area contributed by atoms with Crippen LogP contribution in [0.15, 0.2) is 11.1 Å². The van der Waals surface area contributed by atoms with Crippen LogP contribution in [0.2, 0.25) is 0 Å². The van der Waals surface area contributed by atoms with Crippen LogP contribution in [0.3, 0.4) is 0 Å². The number of hydrogen-bond donors (Lipinski definition) is 1. The van der Waals surface area contributed by atoms with Crippen molar-refractivity contribution in [2.45, 2.75) is 12.5 Å². The molecule has 1 saturated heterocycles. The van der Waals surface area contributed by atoms with Gasteiger partial charge in [0, 0.05) is 11.0 Å². The molecule has 0 aromatic rings. The lowest BCUT2D eigenvalue weighted by molar-refractivity contribution is -0.124. The molecule has 1 aliphatic heterocycles. The Kier molecular flexibility index (Phi) is 3.33. The number of rotatable bonds is 4. The second-order valence-corrected chi connectivity index (χ2v) is 6.13. The van der Waals surface area contributed by atoms with Crippen LogP contribution in [0.25, 0.3) is 0 Å². The molecule has 1 fully saturated rings. The van der Waals surface area contributed by atoms with Gasteiger partial charge in [-0.15, -0.1) is 0 Å². The van der Waals surface area contributed by atoms with Crippen LogP contribution in [-0.4, -0.2) is 37.0 Å². The maximum atomic E-state index is 11.6. The first kappa shape index (κ1) is 11.7. The summed E-state index contributed by atoms with van der Waals surface area (Å²) in [5, 5.41) is 0. The second-order valence-electron chi connectivity index (χ2n) is 3.09. The highest BCUT2D eigenvalue weighted by Crippen LogP contribution is 2.23. The van der Waals surface area contributed by atoms with Crippen molar-refractivity contribution in [3.05, 3.63) is 11.1 Å². The minimum Gasteiger partial charge on any atom is -0.368 e. The van der Waals surface area contributed by atoms with Crippen LogP contribution in [0.4, 0.5) is 0 Å². The van der Waals surface area contributed by atoms with Crippen LogP contribution < -0.4 is 5.73 Å². The molecule has 2 N–H and O–H groups in total. The maximum Gasteiger partial charge on any atom is 0.235 e. The van der Waals surface area contributed by atoms with Gasteiger partial charge in [-0.3, -0.25) is 4.79 Å². The molecule has 1 unspecified atom stereocenters. The molecule has 1 atom stereocenters. The number of nitrogens with two attached hydrogens (primary N) is 1. The lowest BCUT2D eigenvalue weighted by atomic mass is 10.1. The topological polar surface area (TPSA) is 80.5 Å². The average molecular weight is 283 g/mol. The first-order valence-corrected chi connectivity index (χ1v) is 6.37. The van der Waals surface area contributed by atoms with Crippen LogP contribution in [0, 0.1) is 0 Å². The number of halogens is 1. The zero-order valence-corrected chi connectivity index (χ0v) is 9.84.